The van der Waals surface area contributed by atoms with Gasteiger partial charge in [-0.25, -0.2) is 4.57 Å². The minimum atomic E-state index is -4.65. The molecule has 0 spiro atoms. The number of carbonyl (C=O) groups is 2. The third kappa shape index (κ3) is 48.9. The van der Waals surface area contributed by atoms with Crippen LogP contribution in [0.5, 0.6) is 0 Å². The highest BCUT2D eigenvalue weighted by Crippen LogP contribution is 2.43. The summed E-state index contributed by atoms with van der Waals surface area (Å²) in [5.41, 5.74) is 0. The second kappa shape index (κ2) is 49.1. The SMILES string of the molecule is CCCCC/C=C/C/C=C/C/C=C/C/C=C/C/C=C/CCC(=O)OC[C@H](COP(=O)(O)OC[C@@H](O)CO)OC(=O)CCC/C=C/CC/C=C/CCCCCCCCCCCCCCCC. The number of carbonyl (C=O) groups excluding carboxylic acids is 2. The van der Waals surface area contributed by atoms with Crippen molar-refractivity contribution in [1.82, 2.24) is 0 Å². The van der Waals surface area contributed by atoms with Gasteiger partial charge in [-0.05, 0) is 83.5 Å². The first kappa shape index (κ1) is 62.1. The van der Waals surface area contributed by atoms with Gasteiger partial charge >= 0.3 is 19.8 Å². The van der Waals surface area contributed by atoms with Gasteiger partial charge in [0.2, 0.25) is 0 Å². The first-order valence-corrected chi connectivity index (χ1v) is 27.0. The molecular formula is C54H93O10P. The summed E-state index contributed by atoms with van der Waals surface area (Å²) in [6.07, 6.45) is 60.1. The zero-order valence-corrected chi connectivity index (χ0v) is 41.8. The van der Waals surface area contributed by atoms with Gasteiger partial charge in [-0.15, -0.1) is 0 Å². The van der Waals surface area contributed by atoms with E-state index in [0.29, 0.717) is 19.3 Å². The van der Waals surface area contributed by atoms with Crippen LogP contribution >= 0.6 is 7.82 Å². The second-order valence-corrected chi connectivity index (χ2v) is 18.3. The summed E-state index contributed by atoms with van der Waals surface area (Å²) in [5.74, 6) is -1.07. The number of unbranched alkanes of at least 4 members (excludes halogenated alkanes) is 19. The molecule has 0 aromatic heterocycles. The summed E-state index contributed by atoms with van der Waals surface area (Å²) in [7, 11) is -4.65. The quantitative estimate of drug-likeness (QED) is 0.0233. The topological polar surface area (TPSA) is 149 Å². The largest absolute Gasteiger partial charge is 0.472 e. The van der Waals surface area contributed by atoms with E-state index in [-0.39, 0.29) is 19.4 Å². The smallest absolute Gasteiger partial charge is 0.462 e. The molecular weight excluding hydrogens is 840 g/mol. The highest BCUT2D eigenvalue weighted by Gasteiger charge is 2.27. The standard InChI is InChI=1S/C54H93O10P/c1-3-5-7-9-11-13-15-17-19-21-23-24-25-26-28-30-32-34-36-38-40-42-44-46-54(58)64-52(50-63-65(59,60)62-48-51(56)47-55)49-61-53(57)45-43-41-39-37-35-33-31-29-27-22-20-18-16-14-12-10-8-6-4-2/h12,14,18,20,27,29-30,32-33,35,38-41,51-52,55-56H,3-11,13,15-17,19,21-26,28,31,34,36-37,42-50H2,1-2H3,(H,59,60)/b14-12+,20-18+,29-27+,32-30+,35-33+,40-38+,41-39+/t51-,52+/m0/s1. The van der Waals surface area contributed by atoms with Crippen LogP contribution in [0.2, 0.25) is 0 Å². The van der Waals surface area contributed by atoms with Crippen molar-refractivity contribution in [1.29, 1.82) is 0 Å². The third-order valence-corrected chi connectivity index (χ3v) is 11.5. The number of ether oxygens (including phenoxy) is 2. The van der Waals surface area contributed by atoms with Crippen LogP contribution in [0.15, 0.2) is 85.1 Å². The van der Waals surface area contributed by atoms with Gasteiger partial charge in [0.15, 0.2) is 6.10 Å². The van der Waals surface area contributed by atoms with Gasteiger partial charge in [-0.2, -0.15) is 0 Å². The zero-order valence-electron chi connectivity index (χ0n) is 40.9. The fraction of sp³-hybridized carbons (Fsp3) is 0.704. The molecule has 0 saturated carbocycles. The summed E-state index contributed by atoms with van der Waals surface area (Å²) in [4.78, 5) is 35.1. The number of esters is 2. The van der Waals surface area contributed by atoms with E-state index < -0.39 is 51.8 Å². The Bertz CT molecular complexity index is 1350. The number of aliphatic hydroxyl groups is 2. The van der Waals surface area contributed by atoms with E-state index in [4.69, 9.17) is 23.6 Å². The van der Waals surface area contributed by atoms with Crippen LogP contribution < -0.4 is 0 Å². The first-order chi connectivity index (χ1) is 31.7. The van der Waals surface area contributed by atoms with Crippen LogP contribution in [0.1, 0.15) is 206 Å². The summed E-state index contributed by atoms with van der Waals surface area (Å²) in [5, 5.41) is 18.4. The molecule has 0 bridgehead atoms. The Morgan fingerprint density at radius 3 is 1.35 bits per heavy atom. The lowest BCUT2D eigenvalue weighted by molar-refractivity contribution is -0.161. The van der Waals surface area contributed by atoms with Crippen LogP contribution in [-0.2, 0) is 32.7 Å². The van der Waals surface area contributed by atoms with Gasteiger partial charge in [0.05, 0.1) is 19.8 Å². The third-order valence-electron chi connectivity index (χ3n) is 10.5. The van der Waals surface area contributed by atoms with E-state index in [2.05, 4.69) is 86.8 Å². The number of rotatable bonds is 47. The number of phosphoric acid groups is 1. The molecule has 10 nitrogen and oxygen atoms in total. The molecule has 0 radical (unpaired) electrons. The Hall–Kier alpha value is -2.85. The molecule has 0 saturated heterocycles. The number of phosphoric ester groups is 1. The lowest BCUT2D eigenvalue weighted by Crippen LogP contribution is -2.29. The van der Waals surface area contributed by atoms with Crippen molar-refractivity contribution >= 4 is 19.8 Å². The van der Waals surface area contributed by atoms with Gasteiger partial charge in [0, 0.05) is 12.8 Å². The molecule has 0 rings (SSSR count). The average molecular weight is 933 g/mol. The number of aliphatic hydroxyl groups excluding tert-OH is 2. The molecule has 3 atom stereocenters. The summed E-state index contributed by atoms with van der Waals surface area (Å²) in [6, 6.07) is 0. The van der Waals surface area contributed by atoms with E-state index >= 15 is 0 Å². The van der Waals surface area contributed by atoms with Crippen LogP contribution in [0.25, 0.3) is 0 Å². The molecule has 374 valence electrons. The van der Waals surface area contributed by atoms with Crippen molar-refractivity contribution in [2.75, 3.05) is 26.4 Å². The average Bonchev–Trinajstić information content (AvgIpc) is 3.30. The molecule has 0 fully saturated rings. The fourth-order valence-corrected chi connectivity index (χ4v) is 7.37. The molecule has 0 aromatic rings. The second-order valence-electron chi connectivity index (χ2n) is 16.8. The normalized spacial score (nSPS) is 14.4. The van der Waals surface area contributed by atoms with Gasteiger partial charge in [-0.3, -0.25) is 18.6 Å². The van der Waals surface area contributed by atoms with Crippen molar-refractivity contribution in [2.45, 2.75) is 219 Å². The Balaban J connectivity index is 4.35. The first-order valence-electron chi connectivity index (χ1n) is 25.5. The predicted molar refractivity (Wildman–Crippen MR) is 269 cm³/mol. The highest BCUT2D eigenvalue weighted by atomic mass is 31.2. The van der Waals surface area contributed by atoms with E-state index in [1.165, 1.54) is 116 Å². The summed E-state index contributed by atoms with van der Waals surface area (Å²) >= 11 is 0. The molecule has 0 aliphatic heterocycles. The molecule has 11 heteroatoms. The Morgan fingerprint density at radius 2 is 0.846 bits per heavy atom. The van der Waals surface area contributed by atoms with Crippen molar-refractivity contribution in [2.24, 2.45) is 0 Å². The highest BCUT2D eigenvalue weighted by molar-refractivity contribution is 7.47. The Morgan fingerprint density at radius 1 is 0.462 bits per heavy atom. The molecule has 0 amide bonds. The molecule has 3 N–H and O–H groups in total. The summed E-state index contributed by atoms with van der Waals surface area (Å²) in [6.45, 7) is 2.24. The monoisotopic (exact) mass is 933 g/mol. The van der Waals surface area contributed by atoms with Crippen molar-refractivity contribution in [3.8, 4) is 0 Å². The van der Waals surface area contributed by atoms with Gasteiger partial charge in [0.25, 0.3) is 0 Å². The molecule has 0 aromatic carbocycles. The van der Waals surface area contributed by atoms with Gasteiger partial charge < -0.3 is 24.6 Å². The maximum Gasteiger partial charge on any atom is 0.472 e. The van der Waals surface area contributed by atoms with Crippen molar-refractivity contribution in [3.05, 3.63) is 85.1 Å². The van der Waals surface area contributed by atoms with Crippen LogP contribution in [0.3, 0.4) is 0 Å². The number of hydrogen-bond acceptors (Lipinski definition) is 9. The lowest BCUT2D eigenvalue weighted by Gasteiger charge is -2.20. The van der Waals surface area contributed by atoms with Crippen LogP contribution in [0.4, 0.5) is 0 Å². The number of hydrogen-bond donors (Lipinski definition) is 3. The van der Waals surface area contributed by atoms with Gasteiger partial charge in [0.1, 0.15) is 12.7 Å². The van der Waals surface area contributed by atoms with Crippen LogP contribution in [-0.4, -0.2) is 65.7 Å². The fourth-order valence-electron chi connectivity index (χ4n) is 6.58. The van der Waals surface area contributed by atoms with E-state index in [1.807, 2.05) is 12.2 Å². The Labute approximate surface area is 396 Å². The summed E-state index contributed by atoms with van der Waals surface area (Å²) < 4.78 is 32.7. The van der Waals surface area contributed by atoms with Crippen LogP contribution in [0, 0.1) is 0 Å². The molecule has 65 heavy (non-hydrogen) atoms. The van der Waals surface area contributed by atoms with E-state index in [0.717, 1.165) is 44.9 Å². The molecule has 0 aliphatic carbocycles. The molecule has 0 aliphatic rings. The predicted octanol–water partition coefficient (Wildman–Crippen LogP) is 14.6. The van der Waals surface area contributed by atoms with Crippen molar-refractivity contribution < 1.29 is 47.8 Å². The lowest BCUT2D eigenvalue weighted by atomic mass is 10.0. The maximum atomic E-state index is 12.7. The van der Waals surface area contributed by atoms with Crippen molar-refractivity contribution in [3.63, 3.8) is 0 Å². The van der Waals surface area contributed by atoms with E-state index in [1.54, 1.807) is 0 Å². The molecule has 1 unspecified atom stereocenters. The maximum absolute atomic E-state index is 12.7. The Kier molecular flexibility index (Phi) is 46.9. The zero-order chi connectivity index (χ0) is 47.6. The van der Waals surface area contributed by atoms with E-state index in [9.17, 15) is 24.2 Å². The number of allylic oxidation sites excluding steroid dienone is 14. The van der Waals surface area contributed by atoms with Gasteiger partial charge in [-0.1, -0.05) is 195 Å². The molecule has 0 heterocycles. The minimum Gasteiger partial charge on any atom is -0.462 e. The minimum absolute atomic E-state index is 0.105.